The van der Waals surface area contributed by atoms with Crippen LogP contribution >= 0.6 is 11.8 Å². The number of amides is 1. The molecule has 0 atom stereocenters. The molecule has 88 valence electrons. The predicted octanol–water partition coefficient (Wildman–Crippen LogP) is 0.0148. The van der Waals surface area contributed by atoms with Gasteiger partial charge in [0.15, 0.2) is 0 Å². The summed E-state index contributed by atoms with van der Waals surface area (Å²) in [6, 6.07) is 0. The summed E-state index contributed by atoms with van der Waals surface area (Å²) in [7, 11) is 0. The van der Waals surface area contributed by atoms with Gasteiger partial charge in [-0.3, -0.25) is 4.79 Å². The van der Waals surface area contributed by atoms with E-state index in [0.29, 0.717) is 16.7 Å². The van der Waals surface area contributed by atoms with Gasteiger partial charge in [-0.25, -0.2) is 4.68 Å². The Kier molecular flexibility index (Phi) is 3.33. The molecule has 1 aliphatic heterocycles. The standard InChI is InChI=1S/C9H15N5OS/c1-7-11-12-9(14(7)10)16-6-8(15)13-4-2-3-5-13/h2-6,10H2,1H3. The van der Waals surface area contributed by atoms with Gasteiger partial charge in [0.2, 0.25) is 11.1 Å². The number of rotatable bonds is 3. The zero-order valence-electron chi connectivity index (χ0n) is 9.22. The van der Waals surface area contributed by atoms with Crippen LogP contribution in [0.3, 0.4) is 0 Å². The summed E-state index contributed by atoms with van der Waals surface area (Å²) in [6.45, 7) is 3.54. The van der Waals surface area contributed by atoms with E-state index in [-0.39, 0.29) is 5.91 Å². The average molecular weight is 241 g/mol. The van der Waals surface area contributed by atoms with E-state index < -0.39 is 0 Å². The van der Waals surface area contributed by atoms with Gasteiger partial charge in [-0.15, -0.1) is 10.2 Å². The summed E-state index contributed by atoms with van der Waals surface area (Å²) in [6.07, 6.45) is 2.23. The first kappa shape index (κ1) is 11.3. The molecule has 2 N–H and O–H groups in total. The molecular formula is C9H15N5OS. The predicted molar refractivity (Wildman–Crippen MR) is 61.4 cm³/mol. The lowest BCUT2D eigenvalue weighted by Gasteiger charge is -2.14. The van der Waals surface area contributed by atoms with Crippen molar-refractivity contribution >= 4 is 17.7 Å². The van der Waals surface area contributed by atoms with Crippen molar-refractivity contribution in [2.75, 3.05) is 24.7 Å². The molecule has 0 saturated carbocycles. The Hall–Kier alpha value is -1.24. The van der Waals surface area contributed by atoms with Crippen molar-refractivity contribution in [1.29, 1.82) is 0 Å². The molecule has 2 rings (SSSR count). The van der Waals surface area contributed by atoms with Crippen LogP contribution in [0.25, 0.3) is 0 Å². The largest absolute Gasteiger partial charge is 0.342 e. The molecule has 0 unspecified atom stereocenters. The van der Waals surface area contributed by atoms with E-state index in [1.165, 1.54) is 16.4 Å². The van der Waals surface area contributed by atoms with Crippen molar-refractivity contribution in [2.24, 2.45) is 0 Å². The third kappa shape index (κ3) is 2.29. The van der Waals surface area contributed by atoms with E-state index >= 15 is 0 Å². The molecule has 1 aromatic heterocycles. The van der Waals surface area contributed by atoms with Gasteiger partial charge in [0.25, 0.3) is 0 Å². The lowest BCUT2D eigenvalue weighted by molar-refractivity contribution is -0.127. The van der Waals surface area contributed by atoms with E-state index in [0.717, 1.165) is 25.9 Å². The molecule has 6 nitrogen and oxygen atoms in total. The lowest BCUT2D eigenvalue weighted by Crippen LogP contribution is -2.29. The maximum absolute atomic E-state index is 11.7. The maximum Gasteiger partial charge on any atom is 0.233 e. The number of carbonyl (C=O) groups is 1. The fourth-order valence-electron chi connectivity index (χ4n) is 1.63. The van der Waals surface area contributed by atoms with Gasteiger partial charge in [0.05, 0.1) is 5.75 Å². The summed E-state index contributed by atoms with van der Waals surface area (Å²) in [4.78, 5) is 13.6. The van der Waals surface area contributed by atoms with Crippen molar-refractivity contribution in [3.05, 3.63) is 5.82 Å². The lowest BCUT2D eigenvalue weighted by atomic mass is 10.4. The maximum atomic E-state index is 11.7. The molecule has 1 fully saturated rings. The molecule has 2 heterocycles. The molecule has 0 bridgehead atoms. The molecule has 0 aliphatic carbocycles. The van der Waals surface area contributed by atoms with E-state index in [9.17, 15) is 4.79 Å². The number of nitrogens with zero attached hydrogens (tertiary/aromatic N) is 4. The number of likely N-dealkylation sites (tertiary alicyclic amines) is 1. The summed E-state index contributed by atoms with van der Waals surface area (Å²) in [5.41, 5.74) is 0. The van der Waals surface area contributed by atoms with Crippen molar-refractivity contribution in [1.82, 2.24) is 19.8 Å². The molecule has 1 saturated heterocycles. The molecule has 1 aliphatic rings. The molecule has 16 heavy (non-hydrogen) atoms. The second kappa shape index (κ2) is 4.73. The number of hydrogen-bond donors (Lipinski definition) is 1. The first-order valence-corrected chi connectivity index (χ1v) is 6.24. The van der Waals surface area contributed by atoms with Crippen LogP contribution in [0.5, 0.6) is 0 Å². The molecule has 0 radical (unpaired) electrons. The van der Waals surface area contributed by atoms with Crippen LogP contribution in [0.15, 0.2) is 5.16 Å². The zero-order chi connectivity index (χ0) is 11.5. The van der Waals surface area contributed by atoms with Gasteiger partial charge in [-0.2, -0.15) is 0 Å². The van der Waals surface area contributed by atoms with Crippen molar-refractivity contribution in [2.45, 2.75) is 24.9 Å². The third-order valence-corrected chi connectivity index (χ3v) is 3.55. The molecule has 1 amide bonds. The van der Waals surface area contributed by atoms with Gasteiger partial charge in [-0.05, 0) is 19.8 Å². The van der Waals surface area contributed by atoms with Crippen LogP contribution in [-0.4, -0.2) is 44.5 Å². The molecule has 0 aromatic carbocycles. The average Bonchev–Trinajstić information content (AvgIpc) is 2.89. The minimum absolute atomic E-state index is 0.156. The monoisotopic (exact) mass is 241 g/mol. The molecule has 1 aromatic rings. The van der Waals surface area contributed by atoms with E-state index in [1.807, 2.05) is 4.90 Å². The van der Waals surface area contributed by atoms with Gasteiger partial charge in [-0.1, -0.05) is 11.8 Å². The Bertz CT molecular complexity index is 385. The van der Waals surface area contributed by atoms with Gasteiger partial charge < -0.3 is 10.7 Å². The first-order valence-electron chi connectivity index (χ1n) is 5.26. The topological polar surface area (TPSA) is 77.0 Å². The summed E-state index contributed by atoms with van der Waals surface area (Å²) >= 11 is 1.34. The van der Waals surface area contributed by atoms with E-state index in [1.54, 1.807) is 6.92 Å². The summed E-state index contributed by atoms with van der Waals surface area (Å²) in [5.74, 6) is 6.88. The quantitative estimate of drug-likeness (QED) is 0.596. The Labute approximate surface area is 98.2 Å². The van der Waals surface area contributed by atoms with Gasteiger partial charge in [0, 0.05) is 13.1 Å². The van der Waals surface area contributed by atoms with Crippen LogP contribution < -0.4 is 5.84 Å². The number of carbonyl (C=O) groups excluding carboxylic acids is 1. The third-order valence-electron chi connectivity index (χ3n) is 2.62. The van der Waals surface area contributed by atoms with E-state index in [4.69, 9.17) is 5.84 Å². The summed E-state index contributed by atoms with van der Waals surface area (Å²) in [5, 5.41) is 8.32. The molecular weight excluding hydrogens is 226 g/mol. The van der Waals surface area contributed by atoms with Crippen molar-refractivity contribution in [3.8, 4) is 0 Å². The minimum Gasteiger partial charge on any atom is -0.342 e. The summed E-state index contributed by atoms with van der Waals surface area (Å²) < 4.78 is 1.40. The number of hydrogen-bond acceptors (Lipinski definition) is 5. The second-order valence-electron chi connectivity index (χ2n) is 3.78. The highest BCUT2D eigenvalue weighted by Gasteiger charge is 2.18. The molecule has 7 heteroatoms. The molecule has 0 spiro atoms. The highest BCUT2D eigenvalue weighted by Crippen LogP contribution is 2.16. The zero-order valence-corrected chi connectivity index (χ0v) is 10.0. The van der Waals surface area contributed by atoms with Crippen molar-refractivity contribution < 1.29 is 4.79 Å². The smallest absolute Gasteiger partial charge is 0.233 e. The normalized spacial score (nSPS) is 15.7. The Morgan fingerprint density at radius 2 is 2.12 bits per heavy atom. The number of aryl methyl sites for hydroxylation is 1. The van der Waals surface area contributed by atoms with Crippen LogP contribution in [0.1, 0.15) is 18.7 Å². The van der Waals surface area contributed by atoms with Gasteiger partial charge in [0.1, 0.15) is 5.82 Å². The highest BCUT2D eigenvalue weighted by atomic mass is 32.2. The fourth-order valence-corrected chi connectivity index (χ4v) is 2.44. The number of nitrogen functional groups attached to an aromatic ring is 1. The number of thioether (sulfide) groups is 1. The minimum atomic E-state index is 0.156. The van der Waals surface area contributed by atoms with Crippen LogP contribution in [-0.2, 0) is 4.79 Å². The first-order chi connectivity index (χ1) is 7.68. The highest BCUT2D eigenvalue weighted by molar-refractivity contribution is 7.99. The van der Waals surface area contributed by atoms with Crippen LogP contribution in [0, 0.1) is 6.92 Å². The van der Waals surface area contributed by atoms with Gasteiger partial charge >= 0.3 is 0 Å². The second-order valence-corrected chi connectivity index (χ2v) is 4.72. The Morgan fingerprint density at radius 1 is 1.44 bits per heavy atom. The SMILES string of the molecule is Cc1nnc(SCC(=O)N2CCCC2)n1N. The van der Waals surface area contributed by atoms with Crippen molar-refractivity contribution in [3.63, 3.8) is 0 Å². The number of aromatic nitrogens is 3. The fraction of sp³-hybridized carbons (Fsp3) is 0.667. The van der Waals surface area contributed by atoms with Crippen LogP contribution in [0.4, 0.5) is 0 Å². The van der Waals surface area contributed by atoms with E-state index in [2.05, 4.69) is 10.2 Å². The number of nitrogens with two attached hydrogens (primary N) is 1. The Morgan fingerprint density at radius 3 is 2.69 bits per heavy atom. The van der Waals surface area contributed by atoms with Crippen LogP contribution in [0.2, 0.25) is 0 Å². The Balaban J connectivity index is 1.87.